The molecule has 98 valence electrons. The van der Waals surface area contributed by atoms with Crippen LogP contribution in [0.1, 0.15) is 5.56 Å². The van der Waals surface area contributed by atoms with Crippen molar-refractivity contribution in [2.75, 3.05) is 13.2 Å². The lowest BCUT2D eigenvalue weighted by molar-refractivity contribution is -0.117. The molecule has 1 aromatic carbocycles. The molecule has 4 nitrogen and oxygen atoms in total. The molecule has 0 heterocycles. The predicted molar refractivity (Wildman–Crippen MR) is 71.6 cm³/mol. The number of benzene rings is 1. The van der Waals surface area contributed by atoms with Crippen molar-refractivity contribution >= 4 is 35.2 Å². The highest BCUT2D eigenvalue weighted by Gasteiger charge is 2.07. The third-order valence-corrected chi connectivity index (χ3v) is 3.02. The molecule has 0 atom stereocenters. The van der Waals surface area contributed by atoms with Crippen LogP contribution in [0.4, 0.5) is 0 Å². The lowest BCUT2D eigenvalue weighted by Crippen LogP contribution is -2.39. The maximum Gasteiger partial charge on any atom is 0.244 e. The van der Waals surface area contributed by atoms with Crippen LogP contribution in [0, 0.1) is 0 Å². The topological polar surface area (TPSA) is 69.6 Å². The first-order valence-corrected chi connectivity index (χ1v) is 5.98. The van der Waals surface area contributed by atoms with E-state index in [1.54, 1.807) is 18.2 Å². The fourth-order valence-corrected chi connectivity index (χ4v) is 1.58. The number of nitrogens with one attached hydrogen (secondary N) is 1. The van der Waals surface area contributed by atoms with Gasteiger partial charge in [0.25, 0.3) is 0 Å². The second-order valence-corrected chi connectivity index (χ2v) is 4.33. The maximum absolute atomic E-state index is 11.4. The van der Waals surface area contributed by atoms with Gasteiger partial charge in [0.2, 0.25) is 5.91 Å². The average molecular weight is 290 g/mol. The van der Waals surface area contributed by atoms with Crippen molar-refractivity contribution in [2.45, 2.75) is 6.04 Å². The summed E-state index contributed by atoms with van der Waals surface area (Å²) in [5, 5.41) is 20.8. The largest absolute Gasteiger partial charge is 0.394 e. The van der Waals surface area contributed by atoms with Crippen LogP contribution in [-0.4, -0.2) is 35.4 Å². The standard InChI is InChI=1S/C12H13Cl2NO3/c13-10-3-1-2-8(12(10)14)4-5-11(18)15-9(6-16)7-17/h1-5,9,16-17H,6-7H2,(H,15,18). The highest BCUT2D eigenvalue weighted by molar-refractivity contribution is 6.42. The van der Waals surface area contributed by atoms with Crippen LogP contribution in [0.15, 0.2) is 24.3 Å². The molecule has 0 unspecified atom stereocenters. The highest BCUT2D eigenvalue weighted by Crippen LogP contribution is 2.26. The molecule has 0 saturated heterocycles. The van der Waals surface area contributed by atoms with Crippen LogP contribution in [0.2, 0.25) is 10.0 Å². The molecule has 0 aliphatic rings. The molecule has 1 aromatic rings. The van der Waals surface area contributed by atoms with Crippen molar-refractivity contribution in [3.05, 3.63) is 39.9 Å². The minimum absolute atomic E-state index is 0.325. The number of halogens is 2. The highest BCUT2D eigenvalue weighted by atomic mass is 35.5. The molecule has 0 fully saturated rings. The van der Waals surface area contributed by atoms with Gasteiger partial charge in [0.15, 0.2) is 0 Å². The lowest BCUT2D eigenvalue weighted by Gasteiger charge is -2.11. The van der Waals surface area contributed by atoms with Crippen LogP contribution in [0.25, 0.3) is 6.08 Å². The number of aliphatic hydroxyl groups is 2. The number of carbonyl (C=O) groups excluding carboxylic acids is 1. The van der Waals surface area contributed by atoms with E-state index in [1.807, 2.05) is 0 Å². The first-order valence-electron chi connectivity index (χ1n) is 5.22. The van der Waals surface area contributed by atoms with Crippen molar-refractivity contribution < 1.29 is 15.0 Å². The number of hydrogen-bond donors (Lipinski definition) is 3. The van der Waals surface area contributed by atoms with Crippen LogP contribution < -0.4 is 5.32 Å². The van der Waals surface area contributed by atoms with Gasteiger partial charge < -0.3 is 15.5 Å². The normalized spacial score (nSPS) is 11.2. The van der Waals surface area contributed by atoms with Crippen LogP contribution >= 0.6 is 23.2 Å². The van der Waals surface area contributed by atoms with Gasteiger partial charge in [-0.3, -0.25) is 4.79 Å². The first kappa shape index (κ1) is 15.0. The molecule has 0 aromatic heterocycles. The van der Waals surface area contributed by atoms with Gasteiger partial charge in [-0.15, -0.1) is 0 Å². The Labute approximate surface area is 115 Å². The van der Waals surface area contributed by atoms with E-state index in [0.29, 0.717) is 15.6 Å². The molecule has 0 radical (unpaired) electrons. The molecule has 0 saturated carbocycles. The molecule has 18 heavy (non-hydrogen) atoms. The summed E-state index contributed by atoms with van der Waals surface area (Å²) in [5.41, 5.74) is 0.615. The Morgan fingerprint density at radius 2 is 2.00 bits per heavy atom. The van der Waals surface area contributed by atoms with Gasteiger partial charge in [0, 0.05) is 6.08 Å². The van der Waals surface area contributed by atoms with E-state index < -0.39 is 11.9 Å². The second-order valence-electron chi connectivity index (χ2n) is 3.55. The summed E-state index contributed by atoms with van der Waals surface area (Å²) in [4.78, 5) is 11.4. The minimum atomic E-state index is -0.669. The van der Waals surface area contributed by atoms with E-state index in [2.05, 4.69) is 5.32 Å². The Balaban J connectivity index is 2.69. The number of carbonyl (C=O) groups is 1. The van der Waals surface area contributed by atoms with Crippen molar-refractivity contribution in [2.24, 2.45) is 0 Å². The van der Waals surface area contributed by atoms with E-state index in [-0.39, 0.29) is 13.2 Å². The summed E-state index contributed by atoms with van der Waals surface area (Å²) >= 11 is 11.8. The summed E-state index contributed by atoms with van der Waals surface area (Å²) in [6.07, 6.45) is 2.77. The number of amides is 1. The van der Waals surface area contributed by atoms with E-state index in [0.717, 1.165) is 0 Å². The Kier molecular flexibility index (Phi) is 6.15. The first-order chi connectivity index (χ1) is 8.58. The molecule has 6 heteroatoms. The molecule has 0 spiro atoms. The fraction of sp³-hybridized carbons (Fsp3) is 0.250. The van der Waals surface area contributed by atoms with Crippen molar-refractivity contribution in [1.29, 1.82) is 0 Å². The molecule has 1 amide bonds. The maximum atomic E-state index is 11.4. The Hall–Kier alpha value is -1.07. The number of rotatable bonds is 5. The third kappa shape index (κ3) is 4.31. The van der Waals surface area contributed by atoms with E-state index in [4.69, 9.17) is 33.4 Å². The van der Waals surface area contributed by atoms with E-state index >= 15 is 0 Å². The fourth-order valence-electron chi connectivity index (χ4n) is 1.21. The van der Waals surface area contributed by atoms with Gasteiger partial charge in [0.1, 0.15) is 0 Å². The third-order valence-electron chi connectivity index (χ3n) is 2.18. The van der Waals surface area contributed by atoms with E-state index in [1.165, 1.54) is 12.2 Å². The Bertz CT molecular complexity index is 445. The zero-order valence-corrected chi connectivity index (χ0v) is 10.9. The Morgan fingerprint density at radius 3 is 2.61 bits per heavy atom. The minimum Gasteiger partial charge on any atom is -0.394 e. The zero-order valence-electron chi connectivity index (χ0n) is 9.44. The smallest absolute Gasteiger partial charge is 0.244 e. The van der Waals surface area contributed by atoms with Crippen LogP contribution in [-0.2, 0) is 4.79 Å². The quantitative estimate of drug-likeness (QED) is 0.719. The van der Waals surface area contributed by atoms with Gasteiger partial charge in [-0.25, -0.2) is 0 Å². The van der Waals surface area contributed by atoms with E-state index in [9.17, 15) is 4.79 Å². The average Bonchev–Trinajstić information content (AvgIpc) is 2.37. The summed E-state index contributed by atoms with van der Waals surface area (Å²) in [6, 6.07) is 4.41. The van der Waals surface area contributed by atoms with Crippen molar-refractivity contribution in [3.8, 4) is 0 Å². The van der Waals surface area contributed by atoms with Gasteiger partial charge in [-0.2, -0.15) is 0 Å². The summed E-state index contributed by atoms with van der Waals surface area (Å²) in [7, 11) is 0. The SMILES string of the molecule is O=C(C=Cc1cccc(Cl)c1Cl)NC(CO)CO. The van der Waals surface area contributed by atoms with Crippen molar-refractivity contribution in [3.63, 3.8) is 0 Å². The lowest BCUT2D eigenvalue weighted by atomic mass is 10.2. The van der Waals surface area contributed by atoms with Gasteiger partial charge in [-0.05, 0) is 17.7 Å². The molecule has 1 rings (SSSR count). The molecule has 0 aliphatic carbocycles. The second kappa shape index (κ2) is 7.38. The van der Waals surface area contributed by atoms with Crippen LogP contribution in [0.3, 0.4) is 0 Å². The summed E-state index contributed by atoms with van der Waals surface area (Å²) in [6.45, 7) is -0.651. The summed E-state index contributed by atoms with van der Waals surface area (Å²) in [5.74, 6) is -0.431. The molecule has 0 aliphatic heterocycles. The Morgan fingerprint density at radius 1 is 1.33 bits per heavy atom. The van der Waals surface area contributed by atoms with Gasteiger partial charge in [0.05, 0.1) is 29.3 Å². The molecular weight excluding hydrogens is 277 g/mol. The van der Waals surface area contributed by atoms with Crippen molar-refractivity contribution in [1.82, 2.24) is 5.32 Å². The van der Waals surface area contributed by atoms with Crippen LogP contribution in [0.5, 0.6) is 0 Å². The number of aliphatic hydroxyl groups excluding tert-OH is 2. The number of hydrogen-bond acceptors (Lipinski definition) is 3. The predicted octanol–water partition coefficient (Wildman–Crippen LogP) is 1.48. The van der Waals surface area contributed by atoms with Gasteiger partial charge >= 0.3 is 0 Å². The zero-order chi connectivity index (χ0) is 13.5. The monoisotopic (exact) mass is 289 g/mol. The van der Waals surface area contributed by atoms with Gasteiger partial charge in [-0.1, -0.05) is 35.3 Å². The summed E-state index contributed by atoms with van der Waals surface area (Å²) < 4.78 is 0. The molecule has 3 N–H and O–H groups in total. The molecule has 0 bridgehead atoms. The molecular formula is C12H13Cl2NO3.